The first-order valence-corrected chi connectivity index (χ1v) is 9.91. The maximum absolute atomic E-state index is 12.9. The molecule has 0 heterocycles. The third-order valence-electron chi connectivity index (χ3n) is 4.81. The average molecular weight is 422 g/mol. The number of ether oxygens (including phenoxy) is 1. The largest absolute Gasteiger partial charge is 0.452 e. The second-order valence-corrected chi connectivity index (χ2v) is 6.91. The molecule has 0 unspecified atom stereocenters. The Morgan fingerprint density at radius 1 is 0.968 bits per heavy atom. The lowest BCUT2D eigenvalue weighted by Crippen LogP contribution is -2.42. The number of hydrogen-bond donors (Lipinski definition) is 1. The van der Waals surface area contributed by atoms with E-state index in [4.69, 9.17) is 4.74 Å². The zero-order valence-electron chi connectivity index (χ0n) is 17.1. The van der Waals surface area contributed by atoms with Crippen LogP contribution in [0, 0.1) is 5.82 Å². The van der Waals surface area contributed by atoms with Crippen molar-refractivity contribution in [3.63, 3.8) is 0 Å². The van der Waals surface area contributed by atoms with Crippen LogP contribution >= 0.6 is 0 Å². The van der Waals surface area contributed by atoms with Crippen LogP contribution in [0.5, 0.6) is 0 Å². The molecule has 0 aliphatic heterocycles. The summed E-state index contributed by atoms with van der Waals surface area (Å²) >= 11 is 0. The highest BCUT2D eigenvalue weighted by molar-refractivity contribution is 6.05. The lowest BCUT2D eigenvalue weighted by atomic mass is 10.1. The fourth-order valence-corrected chi connectivity index (χ4v) is 3.11. The molecule has 6 nitrogen and oxygen atoms in total. The molecule has 0 atom stereocenters. The molecule has 160 valence electrons. The quantitative estimate of drug-likeness (QED) is 0.565. The summed E-state index contributed by atoms with van der Waals surface area (Å²) in [7, 11) is 0. The van der Waals surface area contributed by atoms with Crippen molar-refractivity contribution in [3.8, 4) is 0 Å². The summed E-state index contributed by atoms with van der Waals surface area (Å²) < 4.78 is 18.1. The lowest BCUT2D eigenvalue weighted by Gasteiger charge is -2.20. The van der Waals surface area contributed by atoms with Gasteiger partial charge in [-0.05, 0) is 41.5 Å². The molecule has 0 radical (unpaired) electrons. The Morgan fingerprint density at radius 2 is 1.68 bits per heavy atom. The minimum absolute atomic E-state index is 0.164. The van der Waals surface area contributed by atoms with E-state index in [1.807, 2.05) is 30.3 Å². The molecule has 3 aromatic rings. The van der Waals surface area contributed by atoms with Crippen LogP contribution in [0.1, 0.15) is 22.8 Å². The number of rotatable bonds is 8. The zero-order valence-corrected chi connectivity index (χ0v) is 17.1. The molecule has 3 rings (SSSR count). The first-order valence-electron chi connectivity index (χ1n) is 9.91. The summed E-state index contributed by atoms with van der Waals surface area (Å²) in [5, 5.41) is 4.33. The Kier molecular flexibility index (Phi) is 7.32. The van der Waals surface area contributed by atoms with Gasteiger partial charge < -0.3 is 15.0 Å². The SMILES string of the molecule is CCN(CC(=O)NCc1ccc(F)cc1)C(=O)COC(=O)c1cccc2ccccc12. The van der Waals surface area contributed by atoms with E-state index >= 15 is 0 Å². The number of likely N-dealkylation sites (N-methyl/N-ethyl adjacent to an activating group) is 1. The number of carbonyl (C=O) groups is 3. The number of esters is 1. The number of nitrogens with one attached hydrogen (secondary N) is 1. The van der Waals surface area contributed by atoms with E-state index in [0.717, 1.165) is 16.3 Å². The Hall–Kier alpha value is -3.74. The van der Waals surface area contributed by atoms with Gasteiger partial charge in [-0.3, -0.25) is 9.59 Å². The maximum Gasteiger partial charge on any atom is 0.339 e. The van der Waals surface area contributed by atoms with Crippen molar-refractivity contribution in [2.45, 2.75) is 13.5 Å². The first kappa shape index (κ1) is 22.0. The average Bonchev–Trinajstić information content (AvgIpc) is 2.80. The molecule has 0 aromatic heterocycles. The van der Waals surface area contributed by atoms with Crippen LogP contribution in [0.15, 0.2) is 66.7 Å². The van der Waals surface area contributed by atoms with Crippen molar-refractivity contribution in [2.24, 2.45) is 0 Å². The molecule has 0 saturated heterocycles. The summed E-state index contributed by atoms with van der Waals surface area (Å²) in [6, 6.07) is 18.5. The van der Waals surface area contributed by atoms with E-state index in [9.17, 15) is 18.8 Å². The van der Waals surface area contributed by atoms with E-state index in [2.05, 4.69) is 5.32 Å². The molecule has 1 N–H and O–H groups in total. The molecule has 3 aromatic carbocycles. The van der Waals surface area contributed by atoms with Crippen molar-refractivity contribution in [3.05, 3.63) is 83.7 Å². The van der Waals surface area contributed by atoms with E-state index in [0.29, 0.717) is 5.56 Å². The molecule has 0 spiro atoms. The van der Waals surface area contributed by atoms with Crippen LogP contribution in [-0.2, 0) is 20.9 Å². The number of carbonyl (C=O) groups excluding carboxylic acids is 3. The predicted molar refractivity (Wildman–Crippen MR) is 115 cm³/mol. The van der Waals surface area contributed by atoms with Gasteiger partial charge >= 0.3 is 5.97 Å². The number of fused-ring (bicyclic) bond motifs is 1. The standard InChI is InChI=1S/C24H23FN2O4/c1-2-27(15-22(28)26-14-17-10-12-19(25)13-11-17)23(29)16-31-24(30)21-9-5-7-18-6-3-4-8-20(18)21/h3-13H,2,14-16H2,1H3,(H,26,28). The Bertz CT molecular complexity index is 1080. The highest BCUT2D eigenvalue weighted by atomic mass is 19.1. The van der Waals surface area contributed by atoms with Crippen molar-refractivity contribution >= 4 is 28.6 Å². The highest BCUT2D eigenvalue weighted by Crippen LogP contribution is 2.19. The molecule has 0 aliphatic rings. The van der Waals surface area contributed by atoms with E-state index in [1.165, 1.54) is 17.0 Å². The fraction of sp³-hybridized carbons (Fsp3) is 0.208. The summed E-state index contributed by atoms with van der Waals surface area (Å²) in [5.74, 6) is -1.77. The minimum atomic E-state index is -0.595. The van der Waals surface area contributed by atoms with Gasteiger partial charge in [0.1, 0.15) is 5.82 Å². The lowest BCUT2D eigenvalue weighted by molar-refractivity contribution is -0.138. The molecule has 7 heteroatoms. The van der Waals surface area contributed by atoms with Gasteiger partial charge in [-0.25, -0.2) is 9.18 Å². The van der Waals surface area contributed by atoms with E-state index in [-0.39, 0.29) is 31.4 Å². The van der Waals surface area contributed by atoms with Crippen molar-refractivity contribution in [2.75, 3.05) is 19.7 Å². The molecular formula is C24H23FN2O4. The van der Waals surface area contributed by atoms with Gasteiger partial charge in [0.25, 0.3) is 5.91 Å². The molecule has 0 saturated carbocycles. The number of nitrogens with zero attached hydrogens (tertiary/aromatic N) is 1. The third kappa shape index (κ3) is 5.88. The van der Waals surface area contributed by atoms with Gasteiger partial charge in [-0.15, -0.1) is 0 Å². The number of halogens is 1. The summed E-state index contributed by atoms with van der Waals surface area (Å²) in [6.45, 7) is 1.62. The first-order chi connectivity index (χ1) is 15.0. The molecule has 0 fully saturated rings. The smallest absolute Gasteiger partial charge is 0.339 e. The van der Waals surface area contributed by atoms with Crippen LogP contribution < -0.4 is 5.32 Å². The number of benzene rings is 3. The second-order valence-electron chi connectivity index (χ2n) is 6.91. The van der Waals surface area contributed by atoms with E-state index in [1.54, 1.807) is 31.2 Å². The topological polar surface area (TPSA) is 75.7 Å². The fourth-order valence-electron chi connectivity index (χ4n) is 3.11. The second kappa shape index (κ2) is 10.3. The monoisotopic (exact) mass is 422 g/mol. The molecular weight excluding hydrogens is 399 g/mol. The van der Waals surface area contributed by atoms with E-state index < -0.39 is 18.5 Å². The van der Waals surface area contributed by atoms with Crippen LogP contribution in [0.4, 0.5) is 4.39 Å². The van der Waals surface area contributed by atoms with Gasteiger partial charge in [-0.2, -0.15) is 0 Å². The van der Waals surface area contributed by atoms with Crippen LogP contribution in [0.3, 0.4) is 0 Å². The molecule has 0 aliphatic carbocycles. The number of amides is 2. The molecule has 31 heavy (non-hydrogen) atoms. The maximum atomic E-state index is 12.9. The molecule has 2 amide bonds. The summed E-state index contributed by atoms with van der Waals surface area (Å²) in [5.41, 5.74) is 1.12. The van der Waals surface area contributed by atoms with Gasteiger partial charge in [0.15, 0.2) is 6.61 Å². The van der Waals surface area contributed by atoms with Gasteiger partial charge in [-0.1, -0.05) is 48.5 Å². The zero-order chi connectivity index (χ0) is 22.2. The van der Waals surface area contributed by atoms with Crippen molar-refractivity contribution in [1.82, 2.24) is 10.2 Å². The Balaban J connectivity index is 1.52. The van der Waals surface area contributed by atoms with Crippen LogP contribution in [0.2, 0.25) is 0 Å². The van der Waals surface area contributed by atoms with Gasteiger partial charge in [0.05, 0.1) is 12.1 Å². The molecule has 0 bridgehead atoms. The van der Waals surface area contributed by atoms with Crippen molar-refractivity contribution in [1.29, 1.82) is 0 Å². The predicted octanol–water partition coefficient (Wildman–Crippen LogP) is 3.30. The number of hydrogen-bond acceptors (Lipinski definition) is 4. The highest BCUT2D eigenvalue weighted by Gasteiger charge is 2.19. The third-order valence-corrected chi connectivity index (χ3v) is 4.81. The van der Waals surface area contributed by atoms with Gasteiger partial charge in [0.2, 0.25) is 5.91 Å². The Morgan fingerprint density at radius 3 is 2.42 bits per heavy atom. The minimum Gasteiger partial charge on any atom is -0.452 e. The van der Waals surface area contributed by atoms with Gasteiger partial charge in [0, 0.05) is 13.1 Å². The van der Waals surface area contributed by atoms with Crippen LogP contribution in [0.25, 0.3) is 10.8 Å². The van der Waals surface area contributed by atoms with Crippen LogP contribution in [-0.4, -0.2) is 42.4 Å². The Labute approximate surface area is 179 Å². The normalized spacial score (nSPS) is 10.5. The summed E-state index contributed by atoms with van der Waals surface area (Å²) in [6.07, 6.45) is 0. The summed E-state index contributed by atoms with van der Waals surface area (Å²) in [4.78, 5) is 38.4. The van der Waals surface area contributed by atoms with Crippen molar-refractivity contribution < 1.29 is 23.5 Å².